The predicted octanol–water partition coefficient (Wildman–Crippen LogP) is 3.52. The van der Waals surface area contributed by atoms with Crippen LogP contribution in [-0.2, 0) is 28.4 Å². The van der Waals surface area contributed by atoms with Crippen LogP contribution in [0.15, 0.2) is 48.8 Å². The Morgan fingerprint density at radius 1 is 1.16 bits per heavy atom. The van der Waals surface area contributed by atoms with Gasteiger partial charge in [-0.25, -0.2) is 22.2 Å². The van der Waals surface area contributed by atoms with Crippen LogP contribution in [0.3, 0.4) is 0 Å². The van der Waals surface area contributed by atoms with E-state index in [1.807, 2.05) is 6.07 Å². The lowest BCUT2D eigenvalue weighted by Gasteiger charge is -2.54. The first-order chi connectivity index (χ1) is 17.9. The van der Waals surface area contributed by atoms with Gasteiger partial charge in [0.2, 0.25) is 10.0 Å². The molecule has 0 amide bonds. The van der Waals surface area contributed by atoms with Crippen molar-refractivity contribution in [3.8, 4) is 0 Å². The fourth-order valence-electron chi connectivity index (χ4n) is 6.23. The van der Waals surface area contributed by atoms with E-state index in [0.29, 0.717) is 24.2 Å². The minimum atomic E-state index is -3.83. The number of hydrogen-bond donors (Lipinski definition) is 3. The van der Waals surface area contributed by atoms with Crippen molar-refractivity contribution in [2.45, 2.75) is 80.9 Å². The summed E-state index contributed by atoms with van der Waals surface area (Å²) >= 11 is 0. The van der Waals surface area contributed by atoms with Crippen molar-refractivity contribution in [2.75, 3.05) is 0 Å². The Morgan fingerprint density at radius 3 is 2.50 bits per heavy atom. The molecule has 3 unspecified atom stereocenters. The molecule has 1 saturated carbocycles. The van der Waals surface area contributed by atoms with Gasteiger partial charge in [-0.1, -0.05) is 30.3 Å². The summed E-state index contributed by atoms with van der Waals surface area (Å²) in [6.45, 7) is 3.05. The Labute approximate surface area is 220 Å². The largest absolute Gasteiger partial charge is 0.392 e. The Morgan fingerprint density at radius 2 is 1.87 bits per heavy atom. The number of aliphatic hydroxyl groups excluding tert-OH is 1. The quantitative estimate of drug-likeness (QED) is 0.417. The first kappa shape index (κ1) is 26.9. The number of halogens is 2. The summed E-state index contributed by atoms with van der Waals surface area (Å²) < 4.78 is 59.6. The summed E-state index contributed by atoms with van der Waals surface area (Å²) in [6.07, 6.45) is 1.24. The highest BCUT2D eigenvalue weighted by Gasteiger charge is 2.57. The van der Waals surface area contributed by atoms with E-state index in [1.54, 1.807) is 38.1 Å². The summed E-state index contributed by atoms with van der Waals surface area (Å²) in [5.74, 6) is -1.13. The zero-order valence-electron chi connectivity index (χ0n) is 21.3. The average molecular weight is 547 g/mol. The van der Waals surface area contributed by atoms with E-state index in [2.05, 4.69) is 15.2 Å². The molecule has 11 heteroatoms. The number of H-pyrrole nitrogens is 1. The number of sulfonamides is 1. The van der Waals surface area contributed by atoms with Crippen molar-refractivity contribution in [1.29, 1.82) is 0 Å². The zero-order chi connectivity index (χ0) is 27.3. The molecule has 0 bridgehead atoms. The van der Waals surface area contributed by atoms with Crippen LogP contribution >= 0.6 is 0 Å². The van der Waals surface area contributed by atoms with Crippen molar-refractivity contribution in [2.24, 2.45) is 0 Å². The molecule has 1 aliphatic heterocycles. The molecular weight excluding hydrogens is 514 g/mol. The monoisotopic (exact) mass is 546 g/mol. The zero-order valence-corrected chi connectivity index (χ0v) is 22.1. The van der Waals surface area contributed by atoms with Gasteiger partial charge in [0.05, 0.1) is 11.7 Å². The third-order valence-electron chi connectivity index (χ3n) is 8.08. The van der Waals surface area contributed by atoms with E-state index in [-0.39, 0.29) is 43.0 Å². The topological polar surface area (TPSA) is 119 Å². The smallest absolute Gasteiger partial charge is 0.221 e. The maximum atomic E-state index is 15.7. The SMILES string of the molecule is CC1CCC(c2ccccc2)S(=O)(=O)N1Cc1cc(F)c(C2(C(O)Cc3ncn[nH]3)CC(C)(O)C2)cc1F. The summed E-state index contributed by atoms with van der Waals surface area (Å²) in [5.41, 5.74) is -1.84. The highest BCUT2D eigenvalue weighted by molar-refractivity contribution is 7.89. The number of hydrogen-bond acceptors (Lipinski definition) is 6. The van der Waals surface area contributed by atoms with Gasteiger partial charge >= 0.3 is 0 Å². The van der Waals surface area contributed by atoms with E-state index in [0.717, 1.165) is 12.1 Å². The van der Waals surface area contributed by atoms with Gasteiger partial charge in [0.15, 0.2) is 0 Å². The molecule has 38 heavy (non-hydrogen) atoms. The lowest BCUT2D eigenvalue weighted by molar-refractivity contribution is -0.122. The number of aliphatic hydroxyl groups is 2. The lowest BCUT2D eigenvalue weighted by Crippen LogP contribution is -2.59. The van der Waals surface area contributed by atoms with Gasteiger partial charge in [-0.05, 0) is 62.8 Å². The number of nitrogens with one attached hydrogen (secondary N) is 1. The van der Waals surface area contributed by atoms with Crippen LogP contribution in [0.2, 0.25) is 0 Å². The molecule has 3 aromatic rings. The maximum Gasteiger partial charge on any atom is 0.221 e. The molecule has 3 N–H and O–H groups in total. The lowest BCUT2D eigenvalue weighted by atomic mass is 9.53. The van der Waals surface area contributed by atoms with E-state index >= 15 is 8.78 Å². The Bertz CT molecular complexity index is 1390. The first-order valence-electron chi connectivity index (χ1n) is 12.7. The molecule has 2 aliphatic rings. The van der Waals surface area contributed by atoms with Crippen LogP contribution in [-0.4, -0.2) is 55.9 Å². The minimum absolute atomic E-state index is 0.0172. The number of aromatic amines is 1. The van der Waals surface area contributed by atoms with E-state index in [4.69, 9.17) is 0 Å². The third-order valence-corrected chi connectivity index (χ3v) is 10.4. The van der Waals surface area contributed by atoms with Crippen LogP contribution in [0.1, 0.15) is 67.3 Å². The second-order valence-corrected chi connectivity index (χ2v) is 13.1. The van der Waals surface area contributed by atoms with E-state index in [1.165, 1.54) is 10.6 Å². The summed E-state index contributed by atoms with van der Waals surface area (Å²) in [7, 11) is -3.83. The van der Waals surface area contributed by atoms with Gasteiger partial charge in [0.25, 0.3) is 0 Å². The molecule has 2 heterocycles. The molecule has 5 rings (SSSR count). The standard InChI is InChI=1S/C27H32F2N4O4S/c1-17-8-9-23(18-6-4-3-5-7-18)38(36,37)33(17)13-19-10-22(29)20(11-21(19)28)27(14-26(2,35)15-27)24(34)12-25-30-16-31-32-25/h3-7,10-11,16-17,23-24,34-35H,8-9,12-15H2,1-2H3,(H,30,31,32). The van der Waals surface area contributed by atoms with Crippen LogP contribution in [0.4, 0.5) is 8.78 Å². The molecule has 204 valence electrons. The second-order valence-electron chi connectivity index (χ2n) is 11.0. The van der Waals surface area contributed by atoms with Gasteiger partial charge < -0.3 is 10.2 Å². The highest BCUT2D eigenvalue weighted by atomic mass is 32.2. The number of benzene rings is 2. The molecule has 2 fully saturated rings. The maximum absolute atomic E-state index is 15.7. The van der Waals surface area contributed by atoms with Crippen LogP contribution in [0, 0.1) is 11.6 Å². The van der Waals surface area contributed by atoms with Gasteiger partial charge in [-0.3, -0.25) is 5.10 Å². The molecule has 1 saturated heterocycles. The summed E-state index contributed by atoms with van der Waals surface area (Å²) in [5, 5.41) is 27.2. The molecular formula is C27H32F2N4O4S. The Kier molecular flexibility index (Phi) is 6.91. The fourth-order valence-corrected chi connectivity index (χ4v) is 8.42. The second kappa shape index (κ2) is 9.78. The molecule has 1 aromatic heterocycles. The highest BCUT2D eigenvalue weighted by Crippen LogP contribution is 2.54. The summed E-state index contributed by atoms with van der Waals surface area (Å²) in [6, 6.07) is 10.6. The number of rotatable bonds is 7. The number of aromatic nitrogens is 3. The molecule has 0 spiro atoms. The predicted molar refractivity (Wildman–Crippen MR) is 136 cm³/mol. The van der Waals surface area contributed by atoms with Gasteiger partial charge in [-0.15, -0.1) is 0 Å². The first-order valence-corrected chi connectivity index (χ1v) is 14.2. The molecule has 2 aromatic carbocycles. The van der Waals surface area contributed by atoms with Crippen LogP contribution < -0.4 is 0 Å². The molecule has 3 atom stereocenters. The molecule has 0 radical (unpaired) electrons. The van der Waals surface area contributed by atoms with Crippen LogP contribution in [0.25, 0.3) is 0 Å². The van der Waals surface area contributed by atoms with Crippen LogP contribution in [0.5, 0.6) is 0 Å². The van der Waals surface area contributed by atoms with Gasteiger partial charge in [-0.2, -0.15) is 9.40 Å². The normalized spacial score (nSPS) is 30.1. The fraction of sp³-hybridized carbons (Fsp3) is 0.481. The Balaban J connectivity index is 1.45. The van der Waals surface area contributed by atoms with Crippen molar-refractivity contribution in [3.63, 3.8) is 0 Å². The number of nitrogens with zero attached hydrogens (tertiary/aromatic N) is 3. The summed E-state index contributed by atoms with van der Waals surface area (Å²) in [4.78, 5) is 4.01. The van der Waals surface area contributed by atoms with Crippen molar-refractivity contribution in [3.05, 3.63) is 82.9 Å². The Hall–Kier alpha value is -2.73. The van der Waals surface area contributed by atoms with Gasteiger partial charge in [0, 0.05) is 30.0 Å². The van der Waals surface area contributed by atoms with Gasteiger partial charge in [0.1, 0.15) is 29.0 Å². The third kappa shape index (κ3) is 4.76. The molecule has 8 nitrogen and oxygen atoms in total. The average Bonchev–Trinajstić information content (AvgIpc) is 3.35. The van der Waals surface area contributed by atoms with Crippen molar-refractivity contribution < 1.29 is 27.4 Å². The van der Waals surface area contributed by atoms with Crippen molar-refractivity contribution in [1.82, 2.24) is 19.5 Å². The minimum Gasteiger partial charge on any atom is -0.392 e. The van der Waals surface area contributed by atoms with Crippen molar-refractivity contribution >= 4 is 10.0 Å². The molecule has 1 aliphatic carbocycles. The van der Waals surface area contributed by atoms with E-state index in [9.17, 15) is 18.6 Å². The van der Waals surface area contributed by atoms with E-state index < -0.39 is 44.0 Å².